The number of hydrogen-bond donors (Lipinski definition) is 0. The van der Waals surface area contributed by atoms with Crippen molar-refractivity contribution in [1.29, 1.82) is 0 Å². The SMILES string of the molecule is CC(=O)c1ccc(S(=O)(=O)N(C)Cc2ccccc2F)cc1. The third-order valence-corrected chi connectivity index (χ3v) is 5.14. The molecule has 6 heteroatoms. The van der Waals surface area contributed by atoms with Gasteiger partial charge in [0.1, 0.15) is 5.82 Å². The van der Waals surface area contributed by atoms with Gasteiger partial charge in [0.15, 0.2) is 5.78 Å². The predicted molar refractivity (Wildman–Crippen MR) is 81.5 cm³/mol. The number of rotatable bonds is 5. The first-order valence-electron chi connectivity index (χ1n) is 6.63. The quantitative estimate of drug-likeness (QED) is 0.796. The molecule has 2 aromatic carbocycles. The van der Waals surface area contributed by atoms with Gasteiger partial charge in [0, 0.05) is 24.7 Å². The minimum Gasteiger partial charge on any atom is -0.295 e. The summed E-state index contributed by atoms with van der Waals surface area (Å²) in [6.45, 7) is 1.34. The molecule has 0 bridgehead atoms. The Bertz CT molecular complexity index is 785. The Kier molecular flexibility index (Phi) is 4.73. The number of ketones is 1. The lowest BCUT2D eigenvalue weighted by Gasteiger charge is -2.17. The molecule has 0 radical (unpaired) electrons. The number of carbonyl (C=O) groups is 1. The van der Waals surface area contributed by atoms with Crippen molar-refractivity contribution in [1.82, 2.24) is 4.31 Å². The fourth-order valence-electron chi connectivity index (χ4n) is 1.99. The highest BCUT2D eigenvalue weighted by atomic mass is 32.2. The van der Waals surface area contributed by atoms with Crippen LogP contribution in [-0.2, 0) is 16.6 Å². The van der Waals surface area contributed by atoms with Crippen molar-refractivity contribution in [3.05, 3.63) is 65.5 Å². The van der Waals surface area contributed by atoms with Gasteiger partial charge in [-0.05, 0) is 25.1 Å². The standard InChI is InChI=1S/C16H16FNO3S/c1-12(19)13-7-9-15(10-8-13)22(20,21)18(2)11-14-5-3-4-6-16(14)17/h3-10H,11H2,1-2H3. The third-order valence-electron chi connectivity index (χ3n) is 3.32. The van der Waals surface area contributed by atoms with Gasteiger partial charge < -0.3 is 0 Å². The fraction of sp³-hybridized carbons (Fsp3) is 0.188. The zero-order valence-corrected chi connectivity index (χ0v) is 13.1. The molecular formula is C16H16FNO3S. The molecule has 0 saturated heterocycles. The lowest BCUT2D eigenvalue weighted by molar-refractivity contribution is 0.101. The van der Waals surface area contributed by atoms with Crippen molar-refractivity contribution >= 4 is 15.8 Å². The van der Waals surface area contributed by atoms with E-state index in [2.05, 4.69) is 0 Å². The van der Waals surface area contributed by atoms with Gasteiger partial charge in [-0.25, -0.2) is 12.8 Å². The van der Waals surface area contributed by atoms with E-state index in [0.29, 0.717) is 11.1 Å². The largest absolute Gasteiger partial charge is 0.295 e. The lowest BCUT2D eigenvalue weighted by atomic mass is 10.2. The maximum absolute atomic E-state index is 13.6. The van der Waals surface area contributed by atoms with Crippen LogP contribution in [0.2, 0.25) is 0 Å². The summed E-state index contributed by atoms with van der Waals surface area (Å²) in [6.07, 6.45) is 0. The Hall–Kier alpha value is -2.05. The molecule has 0 amide bonds. The van der Waals surface area contributed by atoms with Crippen LogP contribution >= 0.6 is 0 Å². The number of carbonyl (C=O) groups excluding carboxylic acids is 1. The number of Topliss-reactive ketones (excluding diaryl/α,β-unsaturated/α-hetero) is 1. The Morgan fingerprint density at radius 3 is 2.23 bits per heavy atom. The van der Waals surface area contributed by atoms with Crippen LogP contribution in [0, 0.1) is 5.82 Å². The van der Waals surface area contributed by atoms with Crippen LogP contribution in [0.5, 0.6) is 0 Å². The molecule has 0 saturated carbocycles. The summed E-state index contributed by atoms with van der Waals surface area (Å²) in [5.74, 6) is -0.583. The number of hydrogen-bond acceptors (Lipinski definition) is 3. The van der Waals surface area contributed by atoms with Gasteiger partial charge in [0.25, 0.3) is 0 Å². The van der Waals surface area contributed by atoms with Crippen LogP contribution in [0.3, 0.4) is 0 Å². The summed E-state index contributed by atoms with van der Waals surface area (Å²) in [6, 6.07) is 11.7. The van der Waals surface area contributed by atoms with E-state index < -0.39 is 15.8 Å². The molecule has 0 atom stereocenters. The van der Waals surface area contributed by atoms with Crippen LogP contribution in [-0.4, -0.2) is 25.6 Å². The monoisotopic (exact) mass is 321 g/mol. The summed E-state index contributed by atoms with van der Waals surface area (Å²) >= 11 is 0. The molecule has 0 aliphatic carbocycles. The van der Waals surface area contributed by atoms with Crippen LogP contribution < -0.4 is 0 Å². The van der Waals surface area contributed by atoms with Crippen LogP contribution in [0.4, 0.5) is 4.39 Å². The molecule has 2 rings (SSSR count). The van der Waals surface area contributed by atoms with E-state index in [4.69, 9.17) is 0 Å². The summed E-state index contributed by atoms with van der Waals surface area (Å²) in [5.41, 5.74) is 0.740. The zero-order chi connectivity index (χ0) is 16.3. The second kappa shape index (κ2) is 6.37. The van der Waals surface area contributed by atoms with Gasteiger partial charge in [0.2, 0.25) is 10.0 Å². The number of nitrogens with zero attached hydrogens (tertiary/aromatic N) is 1. The van der Waals surface area contributed by atoms with E-state index in [1.807, 2.05) is 0 Å². The van der Waals surface area contributed by atoms with Crippen molar-refractivity contribution in [3.63, 3.8) is 0 Å². The van der Waals surface area contributed by atoms with Gasteiger partial charge in [-0.3, -0.25) is 4.79 Å². The summed E-state index contributed by atoms with van der Waals surface area (Å²) in [7, 11) is -2.35. The molecule has 0 N–H and O–H groups in total. The van der Waals surface area contributed by atoms with E-state index in [9.17, 15) is 17.6 Å². The number of sulfonamides is 1. The normalized spacial score (nSPS) is 11.6. The Morgan fingerprint density at radius 1 is 1.09 bits per heavy atom. The second-order valence-electron chi connectivity index (χ2n) is 4.93. The Balaban J connectivity index is 2.26. The van der Waals surface area contributed by atoms with Crippen molar-refractivity contribution in [2.24, 2.45) is 0 Å². The number of halogens is 1. The molecule has 22 heavy (non-hydrogen) atoms. The van der Waals surface area contributed by atoms with Gasteiger partial charge in [-0.2, -0.15) is 4.31 Å². The van der Waals surface area contributed by atoms with Crippen LogP contribution in [0.15, 0.2) is 53.4 Å². The zero-order valence-electron chi connectivity index (χ0n) is 12.3. The van der Waals surface area contributed by atoms with Crippen molar-refractivity contribution < 1.29 is 17.6 Å². The predicted octanol–water partition coefficient (Wildman–Crippen LogP) is 2.85. The Labute approximate surface area is 129 Å². The third kappa shape index (κ3) is 3.40. The summed E-state index contributed by atoms with van der Waals surface area (Å²) in [5, 5.41) is 0. The summed E-state index contributed by atoms with van der Waals surface area (Å²) in [4.78, 5) is 11.3. The maximum Gasteiger partial charge on any atom is 0.243 e. The highest BCUT2D eigenvalue weighted by Crippen LogP contribution is 2.18. The first-order valence-corrected chi connectivity index (χ1v) is 8.07. The van der Waals surface area contributed by atoms with E-state index in [1.165, 1.54) is 44.3 Å². The lowest BCUT2D eigenvalue weighted by Crippen LogP contribution is -2.27. The van der Waals surface area contributed by atoms with Gasteiger partial charge in [0.05, 0.1) is 4.90 Å². The van der Waals surface area contributed by atoms with Gasteiger partial charge in [-0.1, -0.05) is 30.3 Å². The van der Waals surface area contributed by atoms with Crippen molar-refractivity contribution in [3.8, 4) is 0 Å². The van der Waals surface area contributed by atoms with E-state index in [1.54, 1.807) is 18.2 Å². The molecule has 0 heterocycles. The topological polar surface area (TPSA) is 54.5 Å². The average Bonchev–Trinajstić information content (AvgIpc) is 2.49. The minimum atomic E-state index is -3.74. The molecule has 4 nitrogen and oxygen atoms in total. The fourth-order valence-corrected chi connectivity index (χ4v) is 3.14. The molecular weight excluding hydrogens is 305 g/mol. The average molecular weight is 321 g/mol. The molecule has 0 aromatic heterocycles. The first kappa shape index (κ1) is 16.3. The molecule has 0 unspecified atom stereocenters. The first-order chi connectivity index (χ1) is 10.3. The maximum atomic E-state index is 13.6. The van der Waals surface area contributed by atoms with E-state index in [0.717, 1.165) is 4.31 Å². The van der Waals surface area contributed by atoms with Gasteiger partial charge >= 0.3 is 0 Å². The highest BCUT2D eigenvalue weighted by molar-refractivity contribution is 7.89. The molecule has 0 spiro atoms. The molecule has 0 aliphatic heterocycles. The van der Waals surface area contributed by atoms with Crippen LogP contribution in [0.1, 0.15) is 22.8 Å². The van der Waals surface area contributed by atoms with E-state index in [-0.39, 0.29) is 17.2 Å². The molecule has 116 valence electrons. The molecule has 2 aromatic rings. The van der Waals surface area contributed by atoms with E-state index >= 15 is 0 Å². The van der Waals surface area contributed by atoms with Gasteiger partial charge in [-0.15, -0.1) is 0 Å². The Morgan fingerprint density at radius 2 is 1.68 bits per heavy atom. The molecule has 0 aliphatic rings. The summed E-state index contributed by atoms with van der Waals surface area (Å²) < 4.78 is 39.6. The second-order valence-corrected chi connectivity index (χ2v) is 6.98. The molecule has 0 fully saturated rings. The minimum absolute atomic E-state index is 0.0660. The number of benzene rings is 2. The smallest absolute Gasteiger partial charge is 0.243 e. The highest BCUT2D eigenvalue weighted by Gasteiger charge is 2.21. The van der Waals surface area contributed by atoms with Crippen LogP contribution in [0.25, 0.3) is 0 Å². The van der Waals surface area contributed by atoms with Crippen molar-refractivity contribution in [2.45, 2.75) is 18.4 Å². The van der Waals surface area contributed by atoms with Crippen molar-refractivity contribution in [2.75, 3.05) is 7.05 Å².